The monoisotopic (exact) mass is 354 g/mol. The van der Waals surface area contributed by atoms with Crippen molar-refractivity contribution >= 4 is 45.7 Å². The standard InChI is InChI=1S/C18H15ClN4O2/c19-13-2-1-3-15(8-13)23-10-12(7-17(23)24)18(25)21-14-4-5-16-11(6-14)9-20-22-16/h1-6,8-9,12H,7,10H2,(H,20,22)(H,21,25). The van der Waals surface area contributed by atoms with E-state index in [2.05, 4.69) is 15.5 Å². The number of benzene rings is 2. The van der Waals surface area contributed by atoms with Gasteiger partial charge in [0.1, 0.15) is 0 Å². The molecule has 1 unspecified atom stereocenters. The molecule has 4 rings (SSSR count). The number of nitrogens with zero attached hydrogens (tertiary/aromatic N) is 2. The van der Waals surface area contributed by atoms with E-state index >= 15 is 0 Å². The highest BCUT2D eigenvalue weighted by atomic mass is 35.5. The van der Waals surface area contributed by atoms with Crippen LogP contribution in [0.5, 0.6) is 0 Å². The van der Waals surface area contributed by atoms with Gasteiger partial charge in [0.05, 0.1) is 17.6 Å². The van der Waals surface area contributed by atoms with E-state index in [4.69, 9.17) is 11.6 Å². The lowest BCUT2D eigenvalue weighted by Gasteiger charge is -2.17. The highest BCUT2D eigenvalue weighted by molar-refractivity contribution is 6.31. The Kier molecular flexibility index (Phi) is 3.89. The van der Waals surface area contributed by atoms with Gasteiger partial charge in [0.2, 0.25) is 11.8 Å². The summed E-state index contributed by atoms with van der Waals surface area (Å²) in [7, 11) is 0. The first-order valence-electron chi connectivity index (χ1n) is 7.90. The number of halogens is 1. The minimum atomic E-state index is -0.397. The number of aromatic amines is 1. The molecule has 6 nitrogen and oxygen atoms in total. The lowest BCUT2D eigenvalue weighted by Crippen LogP contribution is -2.28. The third-order valence-electron chi connectivity index (χ3n) is 4.32. The summed E-state index contributed by atoms with van der Waals surface area (Å²) in [6, 6.07) is 12.6. The zero-order valence-electron chi connectivity index (χ0n) is 13.2. The maximum atomic E-state index is 12.5. The number of anilines is 2. The Hall–Kier alpha value is -2.86. The van der Waals surface area contributed by atoms with Gasteiger partial charge in [-0.3, -0.25) is 14.7 Å². The molecule has 0 saturated carbocycles. The first-order valence-corrected chi connectivity index (χ1v) is 8.28. The van der Waals surface area contributed by atoms with Crippen LogP contribution in [0.2, 0.25) is 5.02 Å². The van der Waals surface area contributed by atoms with E-state index in [9.17, 15) is 9.59 Å². The van der Waals surface area contributed by atoms with Crippen molar-refractivity contribution in [1.29, 1.82) is 0 Å². The molecule has 3 aromatic rings. The van der Waals surface area contributed by atoms with Crippen molar-refractivity contribution in [2.45, 2.75) is 6.42 Å². The molecule has 2 aromatic carbocycles. The van der Waals surface area contributed by atoms with Crippen LogP contribution >= 0.6 is 11.6 Å². The van der Waals surface area contributed by atoms with Crippen molar-refractivity contribution < 1.29 is 9.59 Å². The summed E-state index contributed by atoms with van der Waals surface area (Å²) in [4.78, 5) is 26.4. The topological polar surface area (TPSA) is 78.1 Å². The van der Waals surface area contributed by atoms with Gasteiger partial charge >= 0.3 is 0 Å². The fourth-order valence-corrected chi connectivity index (χ4v) is 3.23. The summed E-state index contributed by atoms with van der Waals surface area (Å²) < 4.78 is 0. The Morgan fingerprint density at radius 2 is 2.16 bits per heavy atom. The number of carbonyl (C=O) groups excluding carboxylic acids is 2. The molecule has 2 N–H and O–H groups in total. The lowest BCUT2D eigenvalue weighted by atomic mass is 10.1. The number of fused-ring (bicyclic) bond motifs is 1. The molecule has 1 fully saturated rings. The molecule has 1 aliphatic heterocycles. The van der Waals surface area contributed by atoms with Gasteiger partial charge in [0.15, 0.2) is 0 Å². The quantitative estimate of drug-likeness (QED) is 0.758. The minimum Gasteiger partial charge on any atom is -0.326 e. The molecule has 0 aliphatic carbocycles. The number of rotatable bonds is 3. The van der Waals surface area contributed by atoms with Crippen molar-refractivity contribution in [1.82, 2.24) is 10.2 Å². The Morgan fingerprint density at radius 1 is 1.28 bits per heavy atom. The van der Waals surface area contributed by atoms with Gasteiger partial charge in [0, 0.05) is 34.7 Å². The van der Waals surface area contributed by atoms with Crippen LogP contribution in [-0.2, 0) is 9.59 Å². The average molecular weight is 355 g/mol. The summed E-state index contributed by atoms with van der Waals surface area (Å²) in [5.74, 6) is -0.639. The van der Waals surface area contributed by atoms with Crippen LogP contribution in [0.1, 0.15) is 6.42 Å². The van der Waals surface area contributed by atoms with Gasteiger partial charge in [0.25, 0.3) is 0 Å². The fourth-order valence-electron chi connectivity index (χ4n) is 3.04. The third kappa shape index (κ3) is 3.08. The molecule has 2 heterocycles. The molecule has 0 bridgehead atoms. The maximum absolute atomic E-state index is 12.5. The van der Waals surface area contributed by atoms with Crippen LogP contribution in [0.4, 0.5) is 11.4 Å². The molecule has 7 heteroatoms. The molecular weight excluding hydrogens is 340 g/mol. The normalized spacial score (nSPS) is 17.2. The van der Waals surface area contributed by atoms with E-state index in [0.717, 1.165) is 10.9 Å². The molecular formula is C18H15ClN4O2. The largest absolute Gasteiger partial charge is 0.326 e. The molecule has 0 radical (unpaired) electrons. The lowest BCUT2D eigenvalue weighted by molar-refractivity contribution is -0.122. The summed E-state index contributed by atoms with van der Waals surface area (Å²) >= 11 is 5.99. The van der Waals surface area contributed by atoms with Gasteiger partial charge in [-0.05, 0) is 36.4 Å². The molecule has 126 valence electrons. The number of hydrogen-bond donors (Lipinski definition) is 2. The first-order chi connectivity index (χ1) is 12.1. The van der Waals surface area contributed by atoms with Gasteiger partial charge < -0.3 is 10.2 Å². The molecule has 1 saturated heterocycles. The SMILES string of the molecule is O=C(Nc1ccc2[nH]ncc2c1)C1CC(=O)N(c2cccc(Cl)c2)C1. The molecule has 2 amide bonds. The average Bonchev–Trinajstić information content (AvgIpc) is 3.20. The molecule has 1 atom stereocenters. The van der Waals surface area contributed by atoms with Gasteiger partial charge in [-0.2, -0.15) is 5.10 Å². The number of H-pyrrole nitrogens is 1. The first kappa shape index (κ1) is 15.7. The molecule has 1 aliphatic rings. The smallest absolute Gasteiger partial charge is 0.229 e. The minimum absolute atomic E-state index is 0.0762. The zero-order chi connectivity index (χ0) is 17.4. The van der Waals surface area contributed by atoms with E-state index in [1.54, 1.807) is 29.3 Å². The van der Waals surface area contributed by atoms with Crippen molar-refractivity contribution in [2.24, 2.45) is 5.92 Å². The van der Waals surface area contributed by atoms with Gasteiger partial charge in [-0.25, -0.2) is 0 Å². The molecule has 1 aromatic heterocycles. The highest BCUT2D eigenvalue weighted by Crippen LogP contribution is 2.28. The second kappa shape index (κ2) is 6.22. The number of hydrogen-bond acceptors (Lipinski definition) is 3. The predicted octanol–water partition coefficient (Wildman–Crippen LogP) is 3.21. The van der Waals surface area contributed by atoms with Crippen LogP contribution in [0.15, 0.2) is 48.7 Å². The van der Waals surface area contributed by atoms with E-state index in [-0.39, 0.29) is 18.2 Å². The van der Waals surface area contributed by atoms with Crippen LogP contribution < -0.4 is 10.2 Å². The van der Waals surface area contributed by atoms with Crippen LogP contribution in [0.3, 0.4) is 0 Å². The maximum Gasteiger partial charge on any atom is 0.229 e. The number of nitrogens with one attached hydrogen (secondary N) is 2. The van der Waals surface area contributed by atoms with Gasteiger partial charge in [-0.1, -0.05) is 17.7 Å². The van der Waals surface area contributed by atoms with Crippen molar-refractivity contribution in [3.05, 3.63) is 53.7 Å². The van der Waals surface area contributed by atoms with E-state index in [0.29, 0.717) is 22.9 Å². The summed E-state index contributed by atoms with van der Waals surface area (Å²) in [5, 5.41) is 11.2. The number of aromatic nitrogens is 2. The Balaban J connectivity index is 1.48. The Bertz CT molecular complexity index is 968. The van der Waals surface area contributed by atoms with E-state index in [1.807, 2.05) is 24.3 Å². The van der Waals surface area contributed by atoms with Crippen molar-refractivity contribution in [3.8, 4) is 0 Å². The number of carbonyl (C=O) groups is 2. The Morgan fingerprint density at radius 3 is 3.00 bits per heavy atom. The van der Waals surface area contributed by atoms with E-state index < -0.39 is 5.92 Å². The van der Waals surface area contributed by atoms with Crippen molar-refractivity contribution in [3.63, 3.8) is 0 Å². The zero-order valence-corrected chi connectivity index (χ0v) is 14.0. The summed E-state index contributed by atoms with van der Waals surface area (Å²) in [5.41, 5.74) is 2.31. The van der Waals surface area contributed by atoms with Crippen LogP contribution in [-0.4, -0.2) is 28.6 Å². The van der Waals surface area contributed by atoms with Crippen molar-refractivity contribution in [2.75, 3.05) is 16.8 Å². The summed E-state index contributed by atoms with van der Waals surface area (Å²) in [6.45, 7) is 0.346. The van der Waals surface area contributed by atoms with Crippen LogP contribution in [0, 0.1) is 5.92 Å². The second-order valence-corrected chi connectivity index (χ2v) is 6.48. The molecule has 0 spiro atoms. The summed E-state index contributed by atoms with van der Waals surface area (Å²) in [6.07, 6.45) is 1.89. The fraction of sp³-hybridized carbons (Fsp3) is 0.167. The second-order valence-electron chi connectivity index (χ2n) is 6.05. The number of amides is 2. The highest BCUT2D eigenvalue weighted by Gasteiger charge is 2.35. The Labute approximate surface area is 148 Å². The van der Waals surface area contributed by atoms with Gasteiger partial charge in [-0.15, -0.1) is 0 Å². The van der Waals surface area contributed by atoms with E-state index in [1.165, 1.54) is 0 Å². The third-order valence-corrected chi connectivity index (χ3v) is 4.56. The predicted molar refractivity (Wildman–Crippen MR) is 96.6 cm³/mol. The molecule has 25 heavy (non-hydrogen) atoms. The van der Waals surface area contributed by atoms with Crippen LogP contribution in [0.25, 0.3) is 10.9 Å².